The number of aromatic nitrogens is 3. The molecule has 2 aromatic heterocycles. The SMILES string of the molecule is CS(=O)(=O)NCc1cc(C(=O)n2nc(N)c3ccccc32)ccn1. The number of nitrogens with two attached hydrogens (primary N) is 1. The lowest BCUT2D eigenvalue weighted by Gasteiger charge is -2.05. The number of benzene rings is 1. The first-order chi connectivity index (χ1) is 11.3. The van der Waals surface area contributed by atoms with Gasteiger partial charge in [-0.1, -0.05) is 12.1 Å². The number of carbonyl (C=O) groups is 1. The van der Waals surface area contributed by atoms with Crippen molar-refractivity contribution in [1.29, 1.82) is 0 Å². The summed E-state index contributed by atoms with van der Waals surface area (Å²) in [5.41, 5.74) is 7.21. The largest absolute Gasteiger partial charge is 0.382 e. The van der Waals surface area contributed by atoms with E-state index < -0.39 is 10.0 Å². The van der Waals surface area contributed by atoms with E-state index >= 15 is 0 Å². The summed E-state index contributed by atoms with van der Waals surface area (Å²) in [7, 11) is -3.34. The number of fused-ring (bicyclic) bond motifs is 1. The second kappa shape index (κ2) is 6.02. The van der Waals surface area contributed by atoms with Gasteiger partial charge < -0.3 is 5.73 Å². The molecule has 124 valence electrons. The quantitative estimate of drug-likeness (QED) is 0.720. The van der Waals surface area contributed by atoms with Crippen LogP contribution in [-0.4, -0.2) is 35.3 Å². The molecule has 0 aliphatic heterocycles. The van der Waals surface area contributed by atoms with Crippen LogP contribution in [0.2, 0.25) is 0 Å². The molecule has 0 spiro atoms. The van der Waals surface area contributed by atoms with E-state index in [9.17, 15) is 13.2 Å². The lowest BCUT2D eigenvalue weighted by molar-refractivity contribution is 0.0950. The van der Waals surface area contributed by atoms with Crippen LogP contribution < -0.4 is 10.5 Å². The Bertz CT molecular complexity index is 1030. The van der Waals surface area contributed by atoms with Gasteiger partial charge in [0.1, 0.15) is 0 Å². The van der Waals surface area contributed by atoms with Gasteiger partial charge in [0.2, 0.25) is 10.0 Å². The highest BCUT2D eigenvalue weighted by atomic mass is 32.2. The normalized spacial score (nSPS) is 11.7. The Morgan fingerprint density at radius 2 is 2.04 bits per heavy atom. The van der Waals surface area contributed by atoms with Crippen molar-refractivity contribution in [3.63, 3.8) is 0 Å². The Morgan fingerprint density at radius 1 is 1.29 bits per heavy atom. The third-order valence-electron chi connectivity index (χ3n) is 3.39. The number of para-hydroxylation sites is 1. The molecule has 0 radical (unpaired) electrons. The van der Waals surface area contributed by atoms with Crippen LogP contribution in [0.25, 0.3) is 10.9 Å². The average molecular weight is 345 g/mol. The molecule has 0 aliphatic carbocycles. The topological polar surface area (TPSA) is 120 Å². The minimum Gasteiger partial charge on any atom is -0.382 e. The lowest BCUT2D eigenvalue weighted by Crippen LogP contribution is -2.22. The number of nitrogens with zero attached hydrogens (tertiary/aromatic N) is 3. The zero-order valence-electron chi connectivity index (χ0n) is 12.8. The molecular weight excluding hydrogens is 330 g/mol. The van der Waals surface area contributed by atoms with Crippen LogP contribution in [-0.2, 0) is 16.6 Å². The minimum atomic E-state index is -3.34. The number of nitrogens with one attached hydrogen (secondary N) is 1. The number of anilines is 1. The lowest BCUT2D eigenvalue weighted by atomic mass is 10.2. The second-order valence-corrected chi connectivity index (χ2v) is 7.08. The number of sulfonamides is 1. The maximum atomic E-state index is 12.7. The van der Waals surface area contributed by atoms with Gasteiger partial charge in [0.05, 0.1) is 24.0 Å². The summed E-state index contributed by atoms with van der Waals surface area (Å²) in [4.78, 5) is 16.8. The molecule has 0 saturated carbocycles. The number of hydrogen-bond donors (Lipinski definition) is 2. The molecular formula is C15H15N5O3S. The van der Waals surface area contributed by atoms with E-state index in [-0.39, 0.29) is 18.3 Å². The molecule has 0 bridgehead atoms. The van der Waals surface area contributed by atoms with E-state index in [4.69, 9.17) is 5.73 Å². The Balaban J connectivity index is 1.95. The maximum Gasteiger partial charge on any atom is 0.278 e. The summed E-state index contributed by atoms with van der Waals surface area (Å²) in [5, 5.41) is 4.79. The van der Waals surface area contributed by atoms with Gasteiger partial charge in [-0.2, -0.15) is 4.68 Å². The van der Waals surface area contributed by atoms with E-state index in [2.05, 4.69) is 14.8 Å². The predicted molar refractivity (Wildman–Crippen MR) is 89.8 cm³/mol. The second-order valence-electron chi connectivity index (χ2n) is 5.25. The first-order valence-corrected chi connectivity index (χ1v) is 8.92. The van der Waals surface area contributed by atoms with Crippen molar-refractivity contribution in [2.24, 2.45) is 0 Å². The Labute approximate surface area is 138 Å². The standard InChI is InChI=1S/C15H15N5O3S/c1-24(22,23)18-9-11-8-10(6-7-17-11)15(21)20-13-5-3-2-4-12(13)14(16)19-20/h2-8,18H,9H2,1H3,(H2,16,19). The van der Waals surface area contributed by atoms with Crippen LogP contribution in [0.5, 0.6) is 0 Å². The molecule has 2 heterocycles. The zero-order chi connectivity index (χ0) is 17.3. The third-order valence-corrected chi connectivity index (χ3v) is 4.06. The van der Waals surface area contributed by atoms with Gasteiger partial charge in [-0.05, 0) is 24.3 Å². The Hall–Kier alpha value is -2.78. The van der Waals surface area contributed by atoms with Crippen LogP contribution in [0, 0.1) is 0 Å². The highest BCUT2D eigenvalue weighted by molar-refractivity contribution is 7.88. The monoisotopic (exact) mass is 345 g/mol. The van der Waals surface area contributed by atoms with Crippen molar-refractivity contribution in [2.75, 3.05) is 12.0 Å². The highest BCUT2D eigenvalue weighted by Gasteiger charge is 2.16. The van der Waals surface area contributed by atoms with Gasteiger partial charge in [-0.3, -0.25) is 9.78 Å². The fourth-order valence-electron chi connectivity index (χ4n) is 2.28. The summed E-state index contributed by atoms with van der Waals surface area (Å²) in [6, 6.07) is 10.2. The molecule has 0 fully saturated rings. The number of carbonyl (C=O) groups excluding carboxylic acids is 1. The molecule has 3 N–H and O–H groups in total. The van der Waals surface area contributed by atoms with Gasteiger partial charge in [0.15, 0.2) is 5.82 Å². The van der Waals surface area contributed by atoms with Crippen molar-refractivity contribution < 1.29 is 13.2 Å². The molecule has 8 nitrogen and oxygen atoms in total. The number of rotatable bonds is 4. The van der Waals surface area contributed by atoms with Crippen LogP contribution in [0.15, 0.2) is 42.6 Å². The van der Waals surface area contributed by atoms with Crippen molar-refractivity contribution in [3.05, 3.63) is 53.9 Å². The predicted octanol–water partition coefficient (Wildman–Crippen LogP) is 0.751. The summed E-state index contributed by atoms with van der Waals surface area (Å²) >= 11 is 0. The molecule has 0 amide bonds. The highest BCUT2D eigenvalue weighted by Crippen LogP contribution is 2.21. The summed E-state index contributed by atoms with van der Waals surface area (Å²) in [6.07, 6.45) is 2.50. The van der Waals surface area contributed by atoms with Gasteiger partial charge >= 0.3 is 0 Å². The molecule has 0 atom stereocenters. The molecule has 9 heteroatoms. The first kappa shape index (κ1) is 16.1. The zero-order valence-corrected chi connectivity index (χ0v) is 13.6. The van der Waals surface area contributed by atoms with E-state index in [1.165, 1.54) is 16.9 Å². The Morgan fingerprint density at radius 3 is 2.79 bits per heavy atom. The molecule has 0 saturated heterocycles. The van der Waals surface area contributed by atoms with Gasteiger partial charge in [0, 0.05) is 17.1 Å². The van der Waals surface area contributed by atoms with E-state index in [1.54, 1.807) is 24.3 Å². The van der Waals surface area contributed by atoms with Crippen LogP contribution >= 0.6 is 0 Å². The molecule has 3 aromatic rings. The van der Waals surface area contributed by atoms with Gasteiger partial charge in [-0.25, -0.2) is 13.1 Å². The van der Waals surface area contributed by atoms with Crippen LogP contribution in [0.3, 0.4) is 0 Å². The molecule has 1 aromatic carbocycles. The first-order valence-electron chi connectivity index (χ1n) is 7.02. The fraction of sp³-hybridized carbons (Fsp3) is 0.133. The smallest absolute Gasteiger partial charge is 0.278 e. The maximum absolute atomic E-state index is 12.7. The summed E-state index contributed by atoms with van der Waals surface area (Å²) in [5.74, 6) is -0.0992. The van der Waals surface area contributed by atoms with Crippen molar-refractivity contribution >= 4 is 32.7 Å². The third kappa shape index (κ3) is 3.26. The molecule has 0 aliphatic rings. The average Bonchev–Trinajstić information content (AvgIpc) is 2.89. The van der Waals surface area contributed by atoms with Gasteiger partial charge in [0.25, 0.3) is 5.91 Å². The van der Waals surface area contributed by atoms with E-state index in [0.29, 0.717) is 22.2 Å². The minimum absolute atomic E-state index is 0.00193. The van der Waals surface area contributed by atoms with Crippen molar-refractivity contribution in [3.8, 4) is 0 Å². The van der Waals surface area contributed by atoms with Crippen molar-refractivity contribution in [2.45, 2.75) is 6.54 Å². The van der Waals surface area contributed by atoms with Crippen LogP contribution in [0.4, 0.5) is 5.82 Å². The number of pyridine rings is 1. The fourth-order valence-corrected chi connectivity index (χ4v) is 2.69. The molecule has 3 rings (SSSR count). The van der Waals surface area contributed by atoms with E-state index in [1.807, 2.05) is 6.07 Å². The number of nitrogen functional groups attached to an aromatic ring is 1. The van der Waals surface area contributed by atoms with Crippen molar-refractivity contribution in [1.82, 2.24) is 19.5 Å². The summed E-state index contributed by atoms with van der Waals surface area (Å²) in [6.45, 7) is 0.00193. The number of hydrogen-bond acceptors (Lipinski definition) is 6. The molecule has 0 unspecified atom stereocenters. The Kier molecular flexibility index (Phi) is 4.04. The van der Waals surface area contributed by atoms with Crippen LogP contribution in [0.1, 0.15) is 16.1 Å². The van der Waals surface area contributed by atoms with E-state index in [0.717, 1.165) is 6.26 Å². The summed E-state index contributed by atoms with van der Waals surface area (Å²) < 4.78 is 25.9. The van der Waals surface area contributed by atoms with Gasteiger partial charge in [-0.15, -0.1) is 5.10 Å². The molecule has 24 heavy (non-hydrogen) atoms.